The van der Waals surface area contributed by atoms with Crippen LogP contribution in [-0.2, 0) is 0 Å². The molecule has 1 aromatic heterocycles. The van der Waals surface area contributed by atoms with Crippen LogP contribution >= 0.6 is 15.9 Å². The lowest BCUT2D eigenvalue weighted by Crippen LogP contribution is -2.42. The molecule has 0 aromatic carbocycles. The van der Waals surface area contributed by atoms with Gasteiger partial charge in [0.25, 0.3) is 5.91 Å². The van der Waals surface area contributed by atoms with Crippen LogP contribution in [0.4, 0.5) is 5.82 Å². The quantitative estimate of drug-likeness (QED) is 0.505. The highest BCUT2D eigenvalue weighted by atomic mass is 79.9. The van der Waals surface area contributed by atoms with Crippen molar-refractivity contribution in [1.82, 2.24) is 10.3 Å². The number of halogens is 1. The molecule has 1 saturated carbocycles. The van der Waals surface area contributed by atoms with Crippen molar-refractivity contribution >= 4 is 27.7 Å². The second-order valence-electron chi connectivity index (χ2n) is 4.79. The molecule has 0 spiro atoms. The van der Waals surface area contributed by atoms with Gasteiger partial charge in [-0.05, 0) is 29.7 Å². The summed E-state index contributed by atoms with van der Waals surface area (Å²) in [4.78, 5) is 24.6. The van der Waals surface area contributed by atoms with E-state index in [0.717, 1.165) is 24.6 Å². The highest BCUT2D eigenvalue weighted by molar-refractivity contribution is 9.09. The number of nitrogens with one attached hydrogen (secondary N) is 2. The molecule has 7 heteroatoms. The van der Waals surface area contributed by atoms with Crippen LogP contribution in [0.2, 0.25) is 0 Å². The number of carbonyl (C=O) groups is 1. The molecule has 19 heavy (non-hydrogen) atoms. The van der Waals surface area contributed by atoms with E-state index in [1.54, 1.807) is 0 Å². The number of aromatic amines is 1. The van der Waals surface area contributed by atoms with Gasteiger partial charge in [-0.15, -0.1) is 0 Å². The first-order valence-corrected chi connectivity index (χ1v) is 7.44. The molecular formula is C12H16BrN3O3. The van der Waals surface area contributed by atoms with E-state index in [9.17, 15) is 14.9 Å². The van der Waals surface area contributed by atoms with E-state index < -0.39 is 4.92 Å². The third-order valence-electron chi connectivity index (χ3n) is 3.54. The lowest BCUT2D eigenvalue weighted by Gasteiger charge is -2.30. The Kier molecular flexibility index (Phi) is 4.57. The van der Waals surface area contributed by atoms with Crippen LogP contribution in [0.1, 0.15) is 36.2 Å². The Morgan fingerprint density at radius 3 is 2.84 bits per heavy atom. The third-order valence-corrected chi connectivity index (χ3v) is 4.37. The lowest BCUT2D eigenvalue weighted by atomic mass is 9.86. The van der Waals surface area contributed by atoms with Gasteiger partial charge in [-0.3, -0.25) is 4.79 Å². The smallest absolute Gasteiger partial charge is 0.321 e. The highest BCUT2D eigenvalue weighted by Crippen LogP contribution is 2.26. The molecule has 2 unspecified atom stereocenters. The monoisotopic (exact) mass is 329 g/mol. The maximum absolute atomic E-state index is 12.0. The molecule has 2 N–H and O–H groups in total. The van der Waals surface area contributed by atoms with Crippen LogP contribution in [0.25, 0.3) is 0 Å². The molecule has 1 amide bonds. The number of aromatic nitrogens is 1. The van der Waals surface area contributed by atoms with Crippen molar-refractivity contribution in [3.05, 3.63) is 27.9 Å². The predicted molar refractivity (Wildman–Crippen MR) is 74.5 cm³/mol. The number of nitrogens with zero attached hydrogens (tertiary/aromatic N) is 1. The number of rotatable bonds is 4. The third kappa shape index (κ3) is 3.34. The number of alkyl halides is 1. The second-order valence-corrected chi connectivity index (χ2v) is 5.44. The summed E-state index contributed by atoms with van der Waals surface area (Å²) >= 11 is 3.47. The first-order chi connectivity index (χ1) is 9.11. The zero-order valence-electron chi connectivity index (χ0n) is 10.4. The Balaban J connectivity index is 2.01. The zero-order valence-corrected chi connectivity index (χ0v) is 12.0. The van der Waals surface area contributed by atoms with Gasteiger partial charge in [-0.2, -0.15) is 0 Å². The molecule has 0 aliphatic heterocycles. The zero-order chi connectivity index (χ0) is 13.8. The largest absolute Gasteiger partial charge is 0.358 e. The molecule has 1 heterocycles. The van der Waals surface area contributed by atoms with E-state index in [4.69, 9.17) is 0 Å². The minimum atomic E-state index is -0.543. The topological polar surface area (TPSA) is 88.0 Å². The fourth-order valence-corrected chi connectivity index (χ4v) is 3.23. The van der Waals surface area contributed by atoms with Crippen LogP contribution < -0.4 is 5.32 Å². The number of hydrogen-bond acceptors (Lipinski definition) is 3. The van der Waals surface area contributed by atoms with E-state index in [2.05, 4.69) is 26.2 Å². The molecular weight excluding hydrogens is 314 g/mol. The maximum atomic E-state index is 12.0. The highest BCUT2D eigenvalue weighted by Gasteiger charge is 2.27. The summed E-state index contributed by atoms with van der Waals surface area (Å²) in [6.07, 6.45) is 4.36. The fraction of sp³-hybridized carbons (Fsp3) is 0.583. The van der Waals surface area contributed by atoms with Crippen LogP contribution in [0.5, 0.6) is 0 Å². The van der Waals surface area contributed by atoms with Crippen LogP contribution in [0.15, 0.2) is 12.1 Å². The van der Waals surface area contributed by atoms with E-state index in [0.29, 0.717) is 5.92 Å². The molecule has 1 aliphatic carbocycles. The van der Waals surface area contributed by atoms with Crippen molar-refractivity contribution in [2.24, 2.45) is 5.92 Å². The Hall–Kier alpha value is -1.37. The summed E-state index contributed by atoms with van der Waals surface area (Å²) < 4.78 is 0. The average molecular weight is 330 g/mol. The van der Waals surface area contributed by atoms with Crippen molar-refractivity contribution in [2.45, 2.75) is 31.7 Å². The van der Waals surface area contributed by atoms with Gasteiger partial charge in [-0.1, -0.05) is 28.8 Å². The van der Waals surface area contributed by atoms with Gasteiger partial charge < -0.3 is 15.4 Å². The Morgan fingerprint density at radius 1 is 1.47 bits per heavy atom. The molecule has 2 rings (SSSR count). The Labute approximate surface area is 119 Å². The van der Waals surface area contributed by atoms with Gasteiger partial charge in [0, 0.05) is 17.4 Å². The molecule has 2 atom stereocenters. The summed E-state index contributed by atoms with van der Waals surface area (Å²) in [6, 6.07) is 2.89. The molecule has 0 radical (unpaired) electrons. The number of nitro groups is 1. The maximum Gasteiger partial charge on any atom is 0.321 e. The molecule has 0 bridgehead atoms. The minimum Gasteiger partial charge on any atom is -0.358 e. The Bertz CT molecular complexity index is 475. The second kappa shape index (κ2) is 6.18. The first-order valence-electron chi connectivity index (χ1n) is 6.32. The Morgan fingerprint density at radius 2 is 2.21 bits per heavy atom. The van der Waals surface area contributed by atoms with Crippen LogP contribution in [0.3, 0.4) is 0 Å². The van der Waals surface area contributed by atoms with Crippen molar-refractivity contribution in [3.8, 4) is 0 Å². The summed E-state index contributed by atoms with van der Waals surface area (Å²) in [7, 11) is 0. The van der Waals surface area contributed by atoms with Crippen molar-refractivity contribution < 1.29 is 9.72 Å². The standard InChI is InChI=1S/C12H16BrN3O3/c13-7-8-3-1-2-4-9(8)15-12(17)10-5-6-11(14-10)16(18)19/h5-6,8-9,14H,1-4,7H2,(H,15,17). The van der Waals surface area contributed by atoms with E-state index >= 15 is 0 Å². The van der Waals surface area contributed by atoms with E-state index in [-0.39, 0.29) is 23.5 Å². The molecule has 0 saturated heterocycles. The van der Waals surface area contributed by atoms with Gasteiger partial charge in [-0.25, -0.2) is 4.98 Å². The predicted octanol–water partition coefficient (Wildman–Crippen LogP) is 2.61. The van der Waals surface area contributed by atoms with Gasteiger partial charge in [0.05, 0.1) is 0 Å². The van der Waals surface area contributed by atoms with Gasteiger partial charge >= 0.3 is 5.82 Å². The normalized spacial score (nSPS) is 23.0. The average Bonchev–Trinajstić information content (AvgIpc) is 2.89. The number of hydrogen-bond donors (Lipinski definition) is 2. The lowest BCUT2D eigenvalue weighted by molar-refractivity contribution is -0.389. The molecule has 6 nitrogen and oxygen atoms in total. The molecule has 1 aliphatic rings. The molecule has 1 fully saturated rings. The number of amides is 1. The van der Waals surface area contributed by atoms with Gasteiger partial charge in [0.15, 0.2) is 5.69 Å². The van der Waals surface area contributed by atoms with Crippen molar-refractivity contribution in [2.75, 3.05) is 5.33 Å². The van der Waals surface area contributed by atoms with E-state index in [1.807, 2.05) is 0 Å². The van der Waals surface area contributed by atoms with E-state index in [1.165, 1.54) is 18.6 Å². The van der Waals surface area contributed by atoms with Crippen molar-refractivity contribution in [1.29, 1.82) is 0 Å². The summed E-state index contributed by atoms with van der Waals surface area (Å²) in [6.45, 7) is 0. The van der Waals surface area contributed by atoms with Gasteiger partial charge in [0.2, 0.25) is 0 Å². The summed E-state index contributed by atoms with van der Waals surface area (Å²) in [5.74, 6) is -0.000524. The minimum absolute atomic E-state index is 0.142. The van der Waals surface area contributed by atoms with Crippen LogP contribution in [-0.4, -0.2) is 27.2 Å². The number of H-pyrrole nitrogens is 1. The summed E-state index contributed by atoms with van der Waals surface area (Å²) in [5, 5.41) is 14.4. The molecule has 1 aromatic rings. The SMILES string of the molecule is O=C(NC1CCCCC1CBr)c1ccc([N+](=O)[O-])[nH]1. The van der Waals surface area contributed by atoms with Crippen LogP contribution in [0, 0.1) is 16.0 Å². The first kappa shape index (κ1) is 14.0. The van der Waals surface area contributed by atoms with Crippen molar-refractivity contribution in [3.63, 3.8) is 0 Å². The fourth-order valence-electron chi connectivity index (χ4n) is 2.45. The summed E-state index contributed by atoms with van der Waals surface area (Å²) in [5.41, 5.74) is 0.241. The number of carbonyl (C=O) groups excluding carboxylic acids is 1. The van der Waals surface area contributed by atoms with Gasteiger partial charge in [0.1, 0.15) is 0 Å². The molecule has 104 valence electrons.